The molecule has 1 aromatic rings. The second-order valence-electron chi connectivity index (χ2n) is 6.35. The third kappa shape index (κ3) is 3.01. The number of hydrogen-bond acceptors (Lipinski definition) is 3. The van der Waals surface area contributed by atoms with Crippen LogP contribution in [0.3, 0.4) is 0 Å². The summed E-state index contributed by atoms with van der Waals surface area (Å²) in [6, 6.07) is 6.47. The lowest BCUT2D eigenvalue weighted by Gasteiger charge is -2.32. The Balaban J connectivity index is 1.74. The first kappa shape index (κ1) is 15.4. The quantitative estimate of drug-likeness (QED) is 0.896. The van der Waals surface area contributed by atoms with Crippen molar-refractivity contribution in [1.29, 1.82) is 0 Å². The molecule has 120 valence electrons. The van der Waals surface area contributed by atoms with Gasteiger partial charge in [0.1, 0.15) is 11.9 Å². The number of rotatable bonds is 4. The van der Waals surface area contributed by atoms with Crippen molar-refractivity contribution in [3.05, 3.63) is 35.6 Å². The van der Waals surface area contributed by atoms with Crippen molar-refractivity contribution in [2.24, 2.45) is 5.73 Å². The summed E-state index contributed by atoms with van der Waals surface area (Å²) in [5.41, 5.74) is 6.20. The summed E-state index contributed by atoms with van der Waals surface area (Å²) in [5, 5.41) is 3.19. The van der Waals surface area contributed by atoms with Gasteiger partial charge >= 0.3 is 0 Å². The van der Waals surface area contributed by atoms with Gasteiger partial charge in [0.05, 0.1) is 11.6 Å². The molecule has 1 aromatic carbocycles. The van der Waals surface area contributed by atoms with Crippen LogP contribution in [0, 0.1) is 5.82 Å². The van der Waals surface area contributed by atoms with Crippen LogP contribution in [0.15, 0.2) is 24.3 Å². The predicted octanol–water partition coefficient (Wildman–Crippen LogP) is 2.22. The standard InChI is InChI=1S/C17H23FN2O2/c18-13-5-3-12(4-6-13)17(9-1-2-10-17)20-16(21)15-8-7-14(11-19)22-15/h3-6,14-15H,1-2,7-11,19H2,(H,20,21)/t14-,15+/m1/s1. The molecule has 0 aromatic heterocycles. The fraction of sp³-hybridized carbons (Fsp3) is 0.588. The van der Waals surface area contributed by atoms with Gasteiger partial charge < -0.3 is 15.8 Å². The summed E-state index contributed by atoms with van der Waals surface area (Å²) in [4.78, 5) is 12.6. The zero-order chi connectivity index (χ0) is 15.6. The molecule has 0 bridgehead atoms. The van der Waals surface area contributed by atoms with E-state index in [2.05, 4.69) is 5.32 Å². The van der Waals surface area contributed by atoms with Gasteiger partial charge in [0, 0.05) is 6.54 Å². The summed E-state index contributed by atoms with van der Waals surface area (Å²) in [7, 11) is 0. The van der Waals surface area contributed by atoms with Crippen LogP contribution in [0.4, 0.5) is 4.39 Å². The average Bonchev–Trinajstić information content (AvgIpc) is 3.17. The highest BCUT2D eigenvalue weighted by Gasteiger charge is 2.40. The Morgan fingerprint density at radius 2 is 1.95 bits per heavy atom. The molecule has 1 saturated heterocycles. The van der Waals surface area contributed by atoms with Gasteiger partial charge in [-0.1, -0.05) is 25.0 Å². The number of nitrogens with two attached hydrogens (primary N) is 1. The van der Waals surface area contributed by atoms with Gasteiger partial charge in [-0.05, 0) is 43.4 Å². The lowest BCUT2D eigenvalue weighted by Crippen LogP contribution is -2.48. The number of nitrogens with one attached hydrogen (secondary N) is 1. The maximum Gasteiger partial charge on any atom is 0.249 e. The van der Waals surface area contributed by atoms with Crippen LogP contribution in [-0.2, 0) is 15.1 Å². The van der Waals surface area contributed by atoms with Crippen LogP contribution in [0.1, 0.15) is 44.1 Å². The monoisotopic (exact) mass is 306 g/mol. The van der Waals surface area contributed by atoms with Crippen molar-refractivity contribution < 1.29 is 13.9 Å². The van der Waals surface area contributed by atoms with Crippen molar-refractivity contribution in [2.75, 3.05) is 6.54 Å². The second kappa shape index (κ2) is 6.34. The fourth-order valence-electron chi connectivity index (χ4n) is 3.62. The molecule has 4 nitrogen and oxygen atoms in total. The summed E-state index contributed by atoms with van der Waals surface area (Å²) in [6.45, 7) is 0.451. The van der Waals surface area contributed by atoms with E-state index < -0.39 is 6.10 Å². The fourth-order valence-corrected chi connectivity index (χ4v) is 3.62. The molecule has 22 heavy (non-hydrogen) atoms. The highest BCUT2D eigenvalue weighted by atomic mass is 19.1. The van der Waals surface area contributed by atoms with E-state index in [1.165, 1.54) is 12.1 Å². The molecule has 1 saturated carbocycles. The zero-order valence-corrected chi connectivity index (χ0v) is 12.7. The van der Waals surface area contributed by atoms with Crippen molar-refractivity contribution in [1.82, 2.24) is 5.32 Å². The predicted molar refractivity (Wildman–Crippen MR) is 81.6 cm³/mol. The van der Waals surface area contributed by atoms with Crippen LogP contribution in [0.2, 0.25) is 0 Å². The van der Waals surface area contributed by atoms with E-state index >= 15 is 0 Å². The molecule has 1 heterocycles. The minimum absolute atomic E-state index is 0.0129. The van der Waals surface area contributed by atoms with Crippen LogP contribution in [0.25, 0.3) is 0 Å². The molecule has 0 spiro atoms. The van der Waals surface area contributed by atoms with Gasteiger partial charge in [-0.15, -0.1) is 0 Å². The minimum Gasteiger partial charge on any atom is -0.364 e. The van der Waals surface area contributed by atoms with Crippen LogP contribution in [-0.4, -0.2) is 24.7 Å². The molecular weight excluding hydrogens is 283 g/mol. The molecule has 0 unspecified atom stereocenters. The third-order valence-corrected chi connectivity index (χ3v) is 4.88. The number of carbonyl (C=O) groups is 1. The molecule has 1 aliphatic heterocycles. The Bertz CT molecular complexity index is 526. The van der Waals surface area contributed by atoms with E-state index in [1.54, 1.807) is 12.1 Å². The molecule has 0 radical (unpaired) electrons. The highest BCUT2D eigenvalue weighted by Crippen LogP contribution is 2.39. The zero-order valence-electron chi connectivity index (χ0n) is 12.7. The van der Waals surface area contributed by atoms with Crippen molar-refractivity contribution in [2.45, 2.75) is 56.3 Å². The number of benzene rings is 1. The van der Waals surface area contributed by atoms with E-state index in [0.717, 1.165) is 37.7 Å². The lowest BCUT2D eigenvalue weighted by molar-refractivity contribution is -0.134. The number of amides is 1. The highest BCUT2D eigenvalue weighted by molar-refractivity contribution is 5.82. The molecular formula is C17H23FN2O2. The Morgan fingerprint density at radius 3 is 2.55 bits per heavy atom. The van der Waals surface area contributed by atoms with Crippen LogP contribution in [0.5, 0.6) is 0 Å². The topological polar surface area (TPSA) is 64.4 Å². The number of carbonyl (C=O) groups excluding carboxylic acids is 1. The van der Waals surface area contributed by atoms with E-state index in [-0.39, 0.29) is 23.4 Å². The van der Waals surface area contributed by atoms with Crippen molar-refractivity contribution in [3.63, 3.8) is 0 Å². The summed E-state index contributed by atoms with van der Waals surface area (Å²) in [6.07, 6.45) is 5.02. The number of hydrogen-bond donors (Lipinski definition) is 2. The van der Waals surface area contributed by atoms with Gasteiger partial charge in [-0.2, -0.15) is 0 Å². The average molecular weight is 306 g/mol. The van der Waals surface area contributed by atoms with Gasteiger partial charge in [0.15, 0.2) is 0 Å². The molecule has 3 N–H and O–H groups in total. The maximum absolute atomic E-state index is 13.2. The molecule has 2 atom stereocenters. The van der Waals surface area contributed by atoms with Gasteiger partial charge in [-0.3, -0.25) is 4.79 Å². The second-order valence-corrected chi connectivity index (χ2v) is 6.35. The smallest absolute Gasteiger partial charge is 0.249 e. The summed E-state index contributed by atoms with van der Waals surface area (Å²) < 4.78 is 18.9. The van der Waals surface area contributed by atoms with E-state index in [0.29, 0.717) is 13.0 Å². The molecule has 2 aliphatic rings. The first-order valence-corrected chi connectivity index (χ1v) is 8.06. The molecule has 5 heteroatoms. The normalized spacial score (nSPS) is 27.0. The van der Waals surface area contributed by atoms with Gasteiger partial charge in [-0.25, -0.2) is 4.39 Å². The van der Waals surface area contributed by atoms with Gasteiger partial charge in [0.25, 0.3) is 0 Å². The summed E-state index contributed by atoms with van der Waals surface area (Å²) >= 11 is 0. The molecule has 3 rings (SSSR count). The first-order valence-electron chi connectivity index (χ1n) is 8.06. The largest absolute Gasteiger partial charge is 0.364 e. The van der Waals surface area contributed by atoms with Crippen LogP contribution >= 0.6 is 0 Å². The summed E-state index contributed by atoms with van der Waals surface area (Å²) in [5.74, 6) is -0.324. The molecule has 1 aliphatic carbocycles. The van der Waals surface area contributed by atoms with E-state index in [4.69, 9.17) is 10.5 Å². The van der Waals surface area contributed by atoms with Crippen molar-refractivity contribution >= 4 is 5.91 Å². The van der Waals surface area contributed by atoms with Crippen LogP contribution < -0.4 is 11.1 Å². The lowest BCUT2D eigenvalue weighted by atomic mass is 9.87. The molecule has 1 amide bonds. The Kier molecular flexibility index (Phi) is 4.45. The van der Waals surface area contributed by atoms with E-state index in [1.807, 2.05) is 0 Å². The third-order valence-electron chi connectivity index (χ3n) is 4.88. The Morgan fingerprint density at radius 1 is 1.27 bits per heavy atom. The Labute approximate surface area is 130 Å². The SMILES string of the molecule is NC[C@H]1CC[C@@H](C(=O)NC2(c3ccc(F)cc3)CCCC2)O1. The first-order chi connectivity index (χ1) is 10.6. The maximum atomic E-state index is 13.2. The minimum atomic E-state index is -0.411. The number of ether oxygens (including phenoxy) is 1. The van der Waals surface area contributed by atoms with E-state index in [9.17, 15) is 9.18 Å². The number of halogens is 1. The van der Waals surface area contributed by atoms with Gasteiger partial charge in [0.2, 0.25) is 5.91 Å². The molecule has 2 fully saturated rings. The Hall–Kier alpha value is -1.46. The van der Waals surface area contributed by atoms with Crippen molar-refractivity contribution in [3.8, 4) is 0 Å².